The second kappa shape index (κ2) is 5.90. The quantitative estimate of drug-likeness (QED) is 0.862. The number of pyridine rings is 1. The number of nitrogens with one attached hydrogen (secondary N) is 1. The maximum absolute atomic E-state index is 11.3. The van der Waals surface area contributed by atoms with Crippen LogP contribution in [0.2, 0.25) is 0 Å². The molecular weight excluding hydrogens is 288 g/mol. The highest BCUT2D eigenvalue weighted by Crippen LogP contribution is 2.22. The van der Waals surface area contributed by atoms with Gasteiger partial charge in [0.25, 0.3) is 0 Å². The van der Waals surface area contributed by atoms with Gasteiger partial charge in [0.1, 0.15) is 16.7 Å². The van der Waals surface area contributed by atoms with Gasteiger partial charge in [-0.3, -0.25) is 9.71 Å². The fourth-order valence-corrected chi connectivity index (χ4v) is 2.05. The SMILES string of the molecule is O=S(=O)(CCl)Nc1ccc(Oc2cccnc2)cc1. The maximum Gasteiger partial charge on any atom is 0.246 e. The number of rotatable bonds is 5. The predicted octanol–water partition coefficient (Wildman–Crippen LogP) is 2.81. The first-order valence-electron chi connectivity index (χ1n) is 5.33. The Balaban J connectivity index is 2.07. The molecular formula is C12H11ClN2O3S. The first kappa shape index (κ1) is 13.6. The van der Waals surface area contributed by atoms with Crippen LogP contribution in [0.15, 0.2) is 48.8 Å². The summed E-state index contributed by atoms with van der Waals surface area (Å²) in [5, 5.41) is -0.485. The number of alkyl halides is 1. The van der Waals surface area contributed by atoms with Crippen LogP contribution in [0.4, 0.5) is 5.69 Å². The molecule has 1 aromatic heterocycles. The van der Waals surface area contributed by atoms with Crippen molar-refractivity contribution in [2.75, 3.05) is 9.93 Å². The molecule has 19 heavy (non-hydrogen) atoms. The lowest BCUT2D eigenvalue weighted by atomic mass is 10.3. The number of sulfonamides is 1. The van der Waals surface area contributed by atoms with Gasteiger partial charge in [0, 0.05) is 11.9 Å². The van der Waals surface area contributed by atoms with Gasteiger partial charge in [-0.2, -0.15) is 0 Å². The molecule has 2 rings (SSSR count). The first-order valence-corrected chi connectivity index (χ1v) is 7.52. The number of aromatic nitrogens is 1. The van der Waals surface area contributed by atoms with Gasteiger partial charge in [-0.05, 0) is 36.4 Å². The van der Waals surface area contributed by atoms with Crippen molar-refractivity contribution in [3.05, 3.63) is 48.8 Å². The summed E-state index contributed by atoms with van der Waals surface area (Å²) in [5.74, 6) is 1.19. The van der Waals surface area contributed by atoms with Crippen LogP contribution in [0, 0.1) is 0 Å². The molecule has 0 atom stereocenters. The summed E-state index contributed by atoms with van der Waals surface area (Å²) in [5.41, 5.74) is 0.430. The minimum absolute atomic E-state index is 0.430. The van der Waals surface area contributed by atoms with Crippen LogP contribution in [-0.2, 0) is 10.0 Å². The minimum Gasteiger partial charge on any atom is -0.456 e. The Morgan fingerprint density at radius 2 is 1.89 bits per heavy atom. The molecule has 1 heterocycles. The van der Waals surface area contributed by atoms with Crippen LogP contribution >= 0.6 is 11.6 Å². The second-order valence-electron chi connectivity index (χ2n) is 3.64. The fourth-order valence-electron chi connectivity index (χ4n) is 1.34. The van der Waals surface area contributed by atoms with E-state index >= 15 is 0 Å². The zero-order chi connectivity index (χ0) is 13.7. The molecule has 0 aliphatic carbocycles. The van der Waals surface area contributed by atoms with Crippen molar-refractivity contribution < 1.29 is 13.2 Å². The maximum atomic E-state index is 11.3. The number of benzene rings is 1. The Hall–Kier alpha value is -1.79. The van der Waals surface area contributed by atoms with Crippen LogP contribution in [-0.4, -0.2) is 18.6 Å². The number of hydrogen-bond donors (Lipinski definition) is 1. The largest absolute Gasteiger partial charge is 0.456 e. The molecule has 0 unspecified atom stereocenters. The molecule has 100 valence electrons. The van der Waals surface area contributed by atoms with Crippen molar-refractivity contribution in [2.24, 2.45) is 0 Å². The zero-order valence-corrected chi connectivity index (χ0v) is 11.4. The molecule has 0 saturated carbocycles. The van der Waals surface area contributed by atoms with Crippen molar-refractivity contribution in [1.29, 1.82) is 0 Å². The lowest BCUT2D eigenvalue weighted by Gasteiger charge is -2.07. The standard InChI is InChI=1S/C12H11ClN2O3S/c13-9-19(16,17)15-10-3-5-11(6-4-10)18-12-2-1-7-14-8-12/h1-8,15H,9H2. The van der Waals surface area contributed by atoms with E-state index in [2.05, 4.69) is 9.71 Å². The molecule has 0 aliphatic heterocycles. The van der Waals surface area contributed by atoms with Crippen molar-refractivity contribution in [3.63, 3.8) is 0 Å². The number of anilines is 1. The number of ether oxygens (including phenoxy) is 1. The van der Waals surface area contributed by atoms with Gasteiger partial charge >= 0.3 is 0 Å². The Bertz CT molecular complexity index is 630. The van der Waals surface area contributed by atoms with E-state index < -0.39 is 15.2 Å². The van der Waals surface area contributed by atoms with E-state index in [0.717, 1.165) is 0 Å². The van der Waals surface area contributed by atoms with E-state index in [4.69, 9.17) is 16.3 Å². The number of halogens is 1. The van der Waals surface area contributed by atoms with Crippen molar-refractivity contribution in [3.8, 4) is 11.5 Å². The topological polar surface area (TPSA) is 68.3 Å². The monoisotopic (exact) mass is 298 g/mol. The first-order chi connectivity index (χ1) is 9.09. The van der Waals surface area contributed by atoms with E-state index in [1.165, 1.54) is 0 Å². The third-order valence-electron chi connectivity index (χ3n) is 2.14. The molecule has 0 aliphatic rings. The summed E-state index contributed by atoms with van der Waals surface area (Å²) in [7, 11) is -3.48. The minimum atomic E-state index is -3.48. The highest BCUT2D eigenvalue weighted by atomic mass is 35.5. The average Bonchev–Trinajstić information content (AvgIpc) is 2.42. The van der Waals surface area contributed by atoms with Gasteiger partial charge < -0.3 is 4.74 Å². The Kier molecular flexibility index (Phi) is 4.24. The number of nitrogens with zero attached hydrogens (tertiary/aromatic N) is 1. The summed E-state index contributed by atoms with van der Waals surface area (Å²) >= 11 is 5.30. The lowest BCUT2D eigenvalue weighted by molar-refractivity contribution is 0.480. The van der Waals surface area contributed by atoms with E-state index in [9.17, 15) is 8.42 Å². The molecule has 0 amide bonds. The fraction of sp³-hybridized carbons (Fsp3) is 0.0833. The van der Waals surface area contributed by atoms with E-state index in [1.54, 1.807) is 48.8 Å². The lowest BCUT2D eigenvalue weighted by Crippen LogP contribution is -2.13. The van der Waals surface area contributed by atoms with Gasteiger partial charge in [-0.25, -0.2) is 8.42 Å². The van der Waals surface area contributed by atoms with E-state index in [-0.39, 0.29) is 0 Å². The zero-order valence-electron chi connectivity index (χ0n) is 9.78. The van der Waals surface area contributed by atoms with E-state index in [1.807, 2.05) is 0 Å². The summed E-state index contributed by atoms with van der Waals surface area (Å²) in [6.45, 7) is 0. The molecule has 0 radical (unpaired) electrons. The smallest absolute Gasteiger partial charge is 0.246 e. The van der Waals surface area contributed by atoms with Crippen LogP contribution in [0.5, 0.6) is 11.5 Å². The van der Waals surface area contributed by atoms with Crippen LogP contribution in [0.25, 0.3) is 0 Å². The summed E-state index contributed by atoms with van der Waals surface area (Å²) in [6, 6.07) is 10.0. The Labute approximate surface area is 116 Å². The third-order valence-corrected chi connectivity index (χ3v) is 3.84. The van der Waals surface area contributed by atoms with Gasteiger partial charge in [-0.15, -0.1) is 11.6 Å². The highest BCUT2D eigenvalue weighted by molar-refractivity contribution is 7.93. The second-order valence-corrected chi connectivity index (χ2v) is 5.95. The van der Waals surface area contributed by atoms with E-state index in [0.29, 0.717) is 17.2 Å². The van der Waals surface area contributed by atoms with Crippen LogP contribution in [0.1, 0.15) is 0 Å². The van der Waals surface area contributed by atoms with Crippen LogP contribution < -0.4 is 9.46 Å². The van der Waals surface area contributed by atoms with Crippen molar-refractivity contribution in [2.45, 2.75) is 0 Å². The predicted molar refractivity (Wildman–Crippen MR) is 74.0 cm³/mol. The van der Waals surface area contributed by atoms with Gasteiger partial charge in [0.05, 0.1) is 6.20 Å². The summed E-state index contributed by atoms with van der Waals surface area (Å²) in [4.78, 5) is 3.93. The molecule has 0 saturated heterocycles. The normalized spacial score (nSPS) is 11.0. The highest BCUT2D eigenvalue weighted by Gasteiger charge is 2.07. The molecule has 0 spiro atoms. The van der Waals surface area contributed by atoms with Gasteiger partial charge in [-0.1, -0.05) is 0 Å². The molecule has 2 aromatic rings. The molecule has 7 heteroatoms. The average molecular weight is 299 g/mol. The molecule has 1 aromatic carbocycles. The summed E-state index contributed by atoms with van der Waals surface area (Å²) < 4.78 is 30.4. The summed E-state index contributed by atoms with van der Waals surface area (Å²) in [6.07, 6.45) is 3.24. The third kappa shape index (κ3) is 4.11. The van der Waals surface area contributed by atoms with Gasteiger partial charge in [0.2, 0.25) is 10.0 Å². The molecule has 0 bridgehead atoms. The van der Waals surface area contributed by atoms with Crippen molar-refractivity contribution in [1.82, 2.24) is 4.98 Å². The molecule has 5 nitrogen and oxygen atoms in total. The molecule has 1 N–H and O–H groups in total. The number of hydrogen-bond acceptors (Lipinski definition) is 4. The Morgan fingerprint density at radius 1 is 1.16 bits per heavy atom. The Morgan fingerprint density at radius 3 is 2.47 bits per heavy atom. The molecule has 0 fully saturated rings. The van der Waals surface area contributed by atoms with Gasteiger partial charge in [0.15, 0.2) is 0 Å². The van der Waals surface area contributed by atoms with Crippen LogP contribution in [0.3, 0.4) is 0 Å². The van der Waals surface area contributed by atoms with Crippen molar-refractivity contribution >= 4 is 27.3 Å².